The Hall–Kier alpha value is -0.200. The number of rotatable bonds is 11. The molecule has 5 nitrogen and oxygen atoms in total. The van der Waals surface area contributed by atoms with E-state index < -0.39 is 24.9 Å². The van der Waals surface area contributed by atoms with Crippen LogP contribution in [0.15, 0.2) is 0 Å². The number of nitrogens with one attached hydrogen (secondary N) is 1. The molecule has 5 heteroatoms. The molecule has 0 amide bonds. The Bertz CT molecular complexity index is 169. The molecule has 0 aliphatic carbocycles. The van der Waals surface area contributed by atoms with Gasteiger partial charge in [0, 0.05) is 6.54 Å². The van der Waals surface area contributed by atoms with E-state index in [2.05, 4.69) is 12.2 Å². The van der Waals surface area contributed by atoms with E-state index in [1.54, 1.807) is 0 Å². The normalized spacial score (nSPS) is 16.8. The predicted molar refractivity (Wildman–Crippen MR) is 66.7 cm³/mol. The first-order chi connectivity index (χ1) is 8.13. The quantitative estimate of drug-likeness (QED) is 0.322. The molecule has 0 spiro atoms. The van der Waals surface area contributed by atoms with Crippen molar-refractivity contribution >= 4 is 0 Å². The highest BCUT2D eigenvalue weighted by atomic mass is 16.4. The summed E-state index contributed by atoms with van der Waals surface area (Å²) in [5.74, 6) is 0. The van der Waals surface area contributed by atoms with Crippen molar-refractivity contribution in [3.05, 3.63) is 0 Å². The van der Waals surface area contributed by atoms with Crippen LogP contribution >= 0.6 is 0 Å². The molecule has 0 saturated carbocycles. The number of aliphatic hydroxyl groups excluding tert-OH is 4. The largest absolute Gasteiger partial charge is 0.394 e. The molecular weight excluding hydrogens is 222 g/mol. The first-order valence-electron chi connectivity index (χ1n) is 6.49. The van der Waals surface area contributed by atoms with Gasteiger partial charge in [-0.2, -0.15) is 0 Å². The minimum Gasteiger partial charge on any atom is -0.394 e. The van der Waals surface area contributed by atoms with E-state index in [0.717, 1.165) is 13.0 Å². The highest BCUT2D eigenvalue weighted by molar-refractivity contribution is 4.76. The summed E-state index contributed by atoms with van der Waals surface area (Å²) in [6.07, 6.45) is 2.29. The summed E-state index contributed by atoms with van der Waals surface area (Å²) < 4.78 is 0. The Morgan fingerprint density at radius 2 is 1.59 bits per heavy atom. The van der Waals surface area contributed by atoms with E-state index in [1.165, 1.54) is 25.7 Å². The highest BCUT2D eigenvalue weighted by Gasteiger charge is 2.23. The van der Waals surface area contributed by atoms with Crippen LogP contribution in [0.2, 0.25) is 0 Å². The standard InChI is InChI=1S/C12H27NO4/c1-2-3-4-5-6-7-13-8-10(15)12(17)11(16)9-14/h10-17H,2-9H2,1H3. The third kappa shape index (κ3) is 8.51. The Labute approximate surface area is 103 Å². The number of hydrogen-bond donors (Lipinski definition) is 5. The molecular formula is C12H27NO4. The van der Waals surface area contributed by atoms with Crippen LogP contribution in [0.25, 0.3) is 0 Å². The van der Waals surface area contributed by atoms with Crippen molar-refractivity contribution in [2.24, 2.45) is 0 Å². The van der Waals surface area contributed by atoms with E-state index in [4.69, 9.17) is 10.2 Å². The second-order valence-electron chi connectivity index (χ2n) is 4.43. The second-order valence-corrected chi connectivity index (χ2v) is 4.43. The van der Waals surface area contributed by atoms with Crippen molar-refractivity contribution in [2.75, 3.05) is 19.7 Å². The summed E-state index contributed by atoms with van der Waals surface area (Å²) in [5, 5.41) is 39.6. The lowest BCUT2D eigenvalue weighted by Gasteiger charge is -2.21. The third-order valence-corrected chi connectivity index (χ3v) is 2.79. The molecule has 0 saturated heterocycles. The summed E-state index contributed by atoms with van der Waals surface area (Å²) >= 11 is 0. The average molecular weight is 249 g/mol. The molecule has 0 heterocycles. The fraction of sp³-hybridized carbons (Fsp3) is 1.00. The van der Waals surface area contributed by atoms with Gasteiger partial charge in [0.15, 0.2) is 0 Å². The van der Waals surface area contributed by atoms with E-state index in [9.17, 15) is 10.2 Å². The van der Waals surface area contributed by atoms with Gasteiger partial charge in [-0.15, -0.1) is 0 Å². The van der Waals surface area contributed by atoms with Gasteiger partial charge in [0.1, 0.15) is 12.2 Å². The van der Waals surface area contributed by atoms with Crippen LogP contribution in [0.1, 0.15) is 39.0 Å². The highest BCUT2D eigenvalue weighted by Crippen LogP contribution is 2.02. The first kappa shape index (κ1) is 16.8. The van der Waals surface area contributed by atoms with Gasteiger partial charge < -0.3 is 25.7 Å². The smallest absolute Gasteiger partial charge is 0.109 e. The van der Waals surface area contributed by atoms with Crippen LogP contribution in [0.4, 0.5) is 0 Å². The van der Waals surface area contributed by atoms with E-state index in [1.807, 2.05) is 0 Å². The van der Waals surface area contributed by atoms with Crippen molar-refractivity contribution in [1.82, 2.24) is 5.32 Å². The van der Waals surface area contributed by atoms with Crippen LogP contribution in [0.3, 0.4) is 0 Å². The first-order valence-corrected chi connectivity index (χ1v) is 6.49. The van der Waals surface area contributed by atoms with Crippen LogP contribution in [-0.2, 0) is 0 Å². The predicted octanol–water partition coefficient (Wildman–Crippen LogP) is -0.379. The lowest BCUT2D eigenvalue weighted by molar-refractivity contribution is -0.0749. The monoisotopic (exact) mass is 249 g/mol. The van der Waals surface area contributed by atoms with Gasteiger partial charge in [-0.05, 0) is 13.0 Å². The molecule has 104 valence electrons. The molecule has 0 aliphatic rings. The zero-order valence-corrected chi connectivity index (χ0v) is 10.7. The minimum atomic E-state index is -1.30. The molecule has 0 rings (SSSR count). The van der Waals surface area contributed by atoms with Crippen LogP contribution < -0.4 is 5.32 Å². The fourth-order valence-corrected chi connectivity index (χ4v) is 1.59. The van der Waals surface area contributed by atoms with Crippen LogP contribution in [-0.4, -0.2) is 58.4 Å². The molecule has 3 atom stereocenters. The summed E-state index contributed by atoms with van der Waals surface area (Å²) in [4.78, 5) is 0. The van der Waals surface area contributed by atoms with Gasteiger partial charge in [-0.25, -0.2) is 0 Å². The van der Waals surface area contributed by atoms with Gasteiger partial charge in [-0.1, -0.05) is 32.6 Å². The maximum Gasteiger partial charge on any atom is 0.109 e. The molecule has 0 bridgehead atoms. The summed E-state index contributed by atoms with van der Waals surface area (Å²) in [5.41, 5.74) is 0. The number of unbranched alkanes of at least 4 members (excludes halogenated alkanes) is 4. The molecule has 3 unspecified atom stereocenters. The molecule has 0 aliphatic heterocycles. The Morgan fingerprint density at radius 1 is 0.941 bits per heavy atom. The van der Waals surface area contributed by atoms with Gasteiger partial charge in [0.05, 0.1) is 12.7 Å². The zero-order valence-electron chi connectivity index (χ0n) is 10.7. The third-order valence-electron chi connectivity index (χ3n) is 2.79. The van der Waals surface area contributed by atoms with Crippen LogP contribution in [0, 0.1) is 0 Å². The van der Waals surface area contributed by atoms with Gasteiger partial charge >= 0.3 is 0 Å². The zero-order chi connectivity index (χ0) is 13.1. The van der Waals surface area contributed by atoms with E-state index in [-0.39, 0.29) is 6.54 Å². The van der Waals surface area contributed by atoms with Gasteiger partial charge in [0.2, 0.25) is 0 Å². The molecule has 0 fully saturated rings. The average Bonchev–Trinajstić information content (AvgIpc) is 2.35. The lowest BCUT2D eigenvalue weighted by Crippen LogP contribution is -2.44. The number of aliphatic hydroxyl groups is 4. The van der Waals surface area contributed by atoms with Crippen molar-refractivity contribution < 1.29 is 20.4 Å². The maximum atomic E-state index is 9.48. The summed E-state index contributed by atoms with van der Waals surface area (Å²) in [7, 11) is 0. The van der Waals surface area contributed by atoms with Crippen molar-refractivity contribution in [3.63, 3.8) is 0 Å². The Balaban J connectivity index is 3.41. The van der Waals surface area contributed by atoms with Crippen molar-refractivity contribution in [2.45, 2.75) is 57.3 Å². The Kier molecular flexibility index (Phi) is 10.8. The van der Waals surface area contributed by atoms with Crippen LogP contribution in [0.5, 0.6) is 0 Å². The summed E-state index contributed by atoms with van der Waals surface area (Å²) in [6.45, 7) is 2.65. The minimum absolute atomic E-state index is 0.228. The Morgan fingerprint density at radius 3 is 2.18 bits per heavy atom. The second kappa shape index (κ2) is 10.9. The molecule has 17 heavy (non-hydrogen) atoms. The molecule has 5 N–H and O–H groups in total. The molecule has 0 radical (unpaired) electrons. The molecule has 0 aromatic rings. The topological polar surface area (TPSA) is 93.0 Å². The van der Waals surface area contributed by atoms with Gasteiger partial charge in [0.25, 0.3) is 0 Å². The molecule has 0 aromatic carbocycles. The van der Waals surface area contributed by atoms with Crippen molar-refractivity contribution in [3.8, 4) is 0 Å². The van der Waals surface area contributed by atoms with Gasteiger partial charge in [-0.3, -0.25) is 0 Å². The van der Waals surface area contributed by atoms with Crippen molar-refractivity contribution in [1.29, 1.82) is 0 Å². The van der Waals surface area contributed by atoms with E-state index in [0.29, 0.717) is 0 Å². The SMILES string of the molecule is CCCCCCCNCC(O)C(O)C(O)CO. The molecule has 0 aromatic heterocycles. The van der Waals surface area contributed by atoms with E-state index >= 15 is 0 Å². The lowest BCUT2D eigenvalue weighted by atomic mass is 10.1. The maximum absolute atomic E-state index is 9.48. The fourth-order valence-electron chi connectivity index (χ4n) is 1.59. The summed E-state index contributed by atoms with van der Waals surface area (Å²) in [6, 6.07) is 0. The number of hydrogen-bond acceptors (Lipinski definition) is 5.